The lowest BCUT2D eigenvalue weighted by molar-refractivity contribution is -0.384. The van der Waals surface area contributed by atoms with E-state index in [1.165, 1.54) is 41.1 Å². The van der Waals surface area contributed by atoms with Crippen LogP contribution in [0.15, 0.2) is 42.5 Å². The molecule has 0 unspecified atom stereocenters. The van der Waals surface area contributed by atoms with E-state index in [-0.39, 0.29) is 11.6 Å². The molecule has 1 heterocycles. The van der Waals surface area contributed by atoms with E-state index in [0.717, 1.165) is 13.1 Å². The zero-order valence-electron chi connectivity index (χ0n) is 14.4. The van der Waals surface area contributed by atoms with E-state index in [4.69, 9.17) is 0 Å². The number of rotatable bonds is 3. The van der Waals surface area contributed by atoms with Gasteiger partial charge in [0.25, 0.3) is 11.6 Å². The minimum atomic E-state index is -0.461. The smallest absolute Gasteiger partial charge is 0.269 e. The Bertz CT molecular complexity index is 774. The molecule has 0 N–H and O–H groups in total. The number of nitro groups is 1. The highest BCUT2D eigenvalue weighted by Gasteiger charge is 2.23. The Hall–Kier alpha value is -2.89. The Morgan fingerprint density at radius 3 is 2.04 bits per heavy atom. The molecule has 0 aliphatic carbocycles. The molecule has 1 fully saturated rings. The molecule has 0 radical (unpaired) electrons. The Balaban J connectivity index is 1.65. The molecule has 1 aliphatic heterocycles. The Morgan fingerprint density at radius 1 is 0.960 bits per heavy atom. The van der Waals surface area contributed by atoms with Gasteiger partial charge in [-0.3, -0.25) is 14.9 Å². The molecule has 0 bridgehead atoms. The number of anilines is 1. The number of benzene rings is 2. The molecule has 0 atom stereocenters. The summed E-state index contributed by atoms with van der Waals surface area (Å²) in [7, 11) is 0. The molecule has 0 saturated carbocycles. The normalized spacial score (nSPS) is 14.5. The molecule has 3 rings (SSSR count). The summed E-state index contributed by atoms with van der Waals surface area (Å²) in [5.41, 5.74) is 4.15. The van der Waals surface area contributed by atoms with E-state index < -0.39 is 4.92 Å². The van der Waals surface area contributed by atoms with Crippen LogP contribution in [-0.2, 0) is 0 Å². The summed E-state index contributed by atoms with van der Waals surface area (Å²) in [6.45, 7) is 7.02. The van der Waals surface area contributed by atoms with Crippen molar-refractivity contribution in [2.24, 2.45) is 0 Å². The third-order valence-electron chi connectivity index (χ3n) is 4.46. The third kappa shape index (κ3) is 3.79. The SMILES string of the molecule is Cc1cc(C)cc(N2CCN(C(=O)c3ccc([N+](=O)[O-])cc3)CC2)c1. The zero-order valence-corrected chi connectivity index (χ0v) is 14.4. The van der Waals surface area contributed by atoms with Crippen molar-refractivity contribution < 1.29 is 9.72 Å². The van der Waals surface area contributed by atoms with Gasteiger partial charge in [0.1, 0.15) is 0 Å². The van der Waals surface area contributed by atoms with Gasteiger partial charge in [-0.1, -0.05) is 6.07 Å². The Kier molecular flexibility index (Phi) is 4.70. The van der Waals surface area contributed by atoms with Gasteiger partial charge < -0.3 is 9.80 Å². The van der Waals surface area contributed by atoms with E-state index in [0.29, 0.717) is 18.7 Å². The van der Waals surface area contributed by atoms with Crippen molar-refractivity contribution in [3.63, 3.8) is 0 Å². The van der Waals surface area contributed by atoms with Crippen molar-refractivity contribution >= 4 is 17.3 Å². The summed E-state index contributed by atoms with van der Waals surface area (Å²) in [6.07, 6.45) is 0. The van der Waals surface area contributed by atoms with E-state index in [1.54, 1.807) is 4.90 Å². The highest BCUT2D eigenvalue weighted by Crippen LogP contribution is 2.21. The van der Waals surface area contributed by atoms with Crippen molar-refractivity contribution in [2.45, 2.75) is 13.8 Å². The number of aryl methyl sites for hydroxylation is 2. The minimum absolute atomic E-state index is 0.00353. The van der Waals surface area contributed by atoms with Crippen molar-refractivity contribution in [3.05, 3.63) is 69.3 Å². The molecule has 6 heteroatoms. The molecule has 130 valence electrons. The van der Waals surface area contributed by atoms with Crippen LogP contribution in [0.4, 0.5) is 11.4 Å². The van der Waals surface area contributed by atoms with E-state index in [1.807, 2.05) is 0 Å². The number of carbonyl (C=O) groups is 1. The van der Waals surface area contributed by atoms with Crippen molar-refractivity contribution in [2.75, 3.05) is 31.1 Å². The summed E-state index contributed by atoms with van der Waals surface area (Å²) < 4.78 is 0. The highest BCUT2D eigenvalue weighted by molar-refractivity contribution is 5.94. The van der Waals surface area contributed by atoms with Crippen molar-refractivity contribution in [1.82, 2.24) is 4.90 Å². The fraction of sp³-hybridized carbons (Fsp3) is 0.316. The predicted molar refractivity (Wildman–Crippen MR) is 97.1 cm³/mol. The van der Waals surface area contributed by atoms with E-state index >= 15 is 0 Å². The van der Waals surface area contributed by atoms with E-state index in [9.17, 15) is 14.9 Å². The monoisotopic (exact) mass is 339 g/mol. The van der Waals surface area contributed by atoms with Crippen LogP contribution in [-0.4, -0.2) is 41.9 Å². The lowest BCUT2D eigenvalue weighted by Gasteiger charge is -2.36. The number of amides is 1. The fourth-order valence-corrected chi connectivity index (χ4v) is 3.21. The topological polar surface area (TPSA) is 66.7 Å². The van der Waals surface area contributed by atoms with Gasteiger partial charge >= 0.3 is 0 Å². The first-order valence-electron chi connectivity index (χ1n) is 8.31. The Morgan fingerprint density at radius 2 is 1.52 bits per heavy atom. The van der Waals surface area contributed by atoms with Gasteiger partial charge in [-0.25, -0.2) is 0 Å². The van der Waals surface area contributed by atoms with Gasteiger partial charge in [0, 0.05) is 49.6 Å². The van der Waals surface area contributed by atoms with Gasteiger partial charge in [0.05, 0.1) is 4.92 Å². The maximum Gasteiger partial charge on any atom is 0.269 e. The van der Waals surface area contributed by atoms with E-state index in [2.05, 4.69) is 36.9 Å². The first kappa shape index (κ1) is 17.0. The average molecular weight is 339 g/mol. The first-order chi connectivity index (χ1) is 11.9. The summed E-state index contributed by atoms with van der Waals surface area (Å²) in [5.74, 6) is -0.0741. The second-order valence-corrected chi connectivity index (χ2v) is 6.43. The van der Waals surface area contributed by atoms with Crippen molar-refractivity contribution in [1.29, 1.82) is 0 Å². The van der Waals surface area contributed by atoms with Gasteiger partial charge in [0.2, 0.25) is 0 Å². The molecular formula is C19H21N3O3. The van der Waals surface area contributed by atoms with Crippen LogP contribution >= 0.6 is 0 Å². The van der Waals surface area contributed by atoms with Crippen LogP contribution in [0.25, 0.3) is 0 Å². The molecule has 0 spiro atoms. The molecule has 1 amide bonds. The van der Waals surface area contributed by atoms with Gasteiger partial charge in [-0.15, -0.1) is 0 Å². The molecule has 1 aliphatic rings. The standard InChI is InChI=1S/C19H21N3O3/c1-14-11-15(2)13-18(12-14)20-7-9-21(10-8-20)19(23)16-3-5-17(6-4-16)22(24)25/h3-6,11-13H,7-10H2,1-2H3. The zero-order chi connectivity index (χ0) is 18.0. The number of nitro benzene ring substituents is 1. The first-order valence-corrected chi connectivity index (χ1v) is 8.31. The third-order valence-corrected chi connectivity index (χ3v) is 4.46. The van der Waals surface area contributed by atoms with Crippen LogP contribution in [0, 0.1) is 24.0 Å². The molecule has 2 aromatic carbocycles. The number of nitrogens with zero attached hydrogens (tertiary/aromatic N) is 3. The summed E-state index contributed by atoms with van der Waals surface area (Å²) in [6, 6.07) is 12.3. The maximum absolute atomic E-state index is 12.6. The summed E-state index contributed by atoms with van der Waals surface area (Å²) >= 11 is 0. The summed E-state index contributed by atoms with van der Waals surface area (Å²) in [5, 5.41) is 10.7. The number of non-ortho nitro benzene ring substituents is 1. The molecule has 0 aromatic heterocycles. The molecule has 2 aromatic rings. The number of carbonyl (C=O) groups excluding carboxylic acids is 1. The number of hydrogen-bond donors (Lipinski definition) is 0. The molecular weight excluding hydrogens is 318 g/mol. The van der Waals surface area contributed by atoms with Gasteiger partial charge in [-0.2, -0.15) is 0 Å². The van der Waals surface area contributed by atoms with Gasteiger partial charge in [0.15, 0.2) is 0 Å². The predicted octanol–water partition coefficient (Wildman–Crippen LogP) is 3.17. The van der Waals surface area contributed by atoms with Crippen LogP contribution in [0.1, 0.15) is 21.5 Å². The highest BCUT2D eigenvalue weighted by atomic mass is 16.6. The van der Waals surface area contributed by atoms with Crippen LogP contribution in [0.3, 0.4) is 0 Å². The quantitative estimate of drug-likeness (QED) is 0.636. The molecule has 25 heavy (non-hydrogen) atoms. The largest absolute Gasteiger partial charge is 0.368 e. The lowest BCUT2D eigenvalue weighted by Crippen LogP contribution is -2.48. The lowest BCUT2D eigenvalue weighted by atomic mass is 10.1. The second kappa shape index (κ2) is 6.93. The number of piperazine rings is 1. The minimum Gasteiger partial charge on any atom is -0.368 e. The van der Waals surface area contributed by atoms with Crippen LogP contribution in [0.2, 0.25) is 0 Å². The number of hydrogen-bond acceptors (Lipinski definition) is 4. The maximum atomic E-state index is 12.6. The molecule has 6 nitrogen and oxygen atoms in total. The van der Waals surface area contributed by atoms with Crippen LogP contribution in [0.5, 0.6) is 0 Å². The van der Waals surface area contributed by atoms with Gasteiger partial charge in [-0.05, 0) is 49.2 Å². The van der Waals surface area contributed by atoms with Crippen LogP contribution < -0.4 is 4.90 Å². The van der Waals surface area contributed by atoms with Crippen molar-refractivity contribution in [3.8, 4) is 0 Å². The average Bonchev–Trinajstić information content (AvgIpc) is 2.60. The molecule has 1 saturated heterocycles. The fourth-order valence-electron chi connectivity index (χ4n) is 3.21. The second-order valence-electron chi connectivity index (χ2n) is 6.43. The summed E-state index contributed by atoms with van der Waals surface area (Å²) in [4.78, 5) is 26.9. The Labute approximate surface area is 146 Å².